The van der Waals surface area contributed by atoms with E-state index in [1.165, 1.54) is 7.11 Å². The van der Waals surface area contributed by atoms with Crippen molar-refractivity contribution >= 4 is 46.9 Å². The van der Waals surface area contributed by atoms with Crippen molar-refractivity contribution in [2.75, 3.05) is 44.9 Å². The largest absolute Gasteiger partial charge is 0.492 e. The van der Waals surface area contributed by atoms with Crippen LogP contribution in [0.3, 0.4) is 0 Å². The molecule has 2 atom stereocenters. The minimum atomic E-state index is -1.14. The molecule has 1 heterocycles. The van der Waals surface area contributed by atoms with Crippen LogP contribution in [-0.4, -0.2) is 74.5 Å². The number of hydrogen-bond acceptors (Lipinski definition) is 8. The number of esters is 1. The number of carbonyl (C=O) groups is 3. The van der Waals surface area contributed by atoms with E-state index < -0.39 is 29.9 Å². The maximum Gasteiger partial charge on any atom is 0.410 e. The number of para-hydroxylation sites is 1. The van der Waals surface area contributed by atoms with Gasteiger partial charge in [-0.25, -0.2) is 4.79 Å². The van der Waals surface area contributed by atoms with Crippen LogP contribution in [0.2, 0.25) is 10.0 Å². The number of halogens is 2. The van der Waals surface area contributed by atoms with Gasteiger partial charge in [-0.3, -0.25) is 9.59 Å². The Morgan fingerprint density at radius 3 is 2.31 bits per heavy atom. The highest BCUT2D eigenvalue weighted by molar-refractivity contribution is 6.31. The maximum atomic E-state index is 14.2. The van der Waals surface area contributed by atoms with E-state index in [-0.39, 0.29) is 31.0 Å². The molecule has 294 valence electrons. The lowest BCUT2D eigenvalue weighted by atomic mass is 9.94. The molecule has 0 radical (unpaired) electrons. The van der Waals surface area contributed by atoms with Crippen molar-refractivity contribution < 1.29 is 38.1 Å². The Balaban J connectivity index is 1.59. The van der Waals surface area contributed by atoms with Crippen LogP contribution in [0.15, 0.2) is 60.7 Å². The summed E-state index contributed by atoms with van der Waals surface area (Å²) < 4.78 is 29.8. The maximum absolute atomic E-state index is 14.2. The lowest BCUT2D eigenvalue weighted by molar-refractivity contribution is -0.151. The summed E-state index contributed by atoms with van der Waals surface area (Å²) in [6.45, 7) is 15.1. The van der Waals surface area contributed by atoms with Gasteiger partial charge in [0, 0.05) is 46.5 Å². The van der Waals surface area contributed by atoms with Crippen LogP contribution in [0.4, 0.5) is 10.5 Å². The second-order valence-electron chi connectivity index (χ2n) is 15.4. The smallest absolute Gasteiger partial charge is 0.410 e. The van der Waals surface area contributed by atoms with Crippen molar-refractivity contribution in [2.45, 2.75) is 92.0 Å². The van der Waals surface area contributed by atoms with Gasteiger partial charge in [-0.1, -0.05) is 74.3 Å². The quantitative estimate of drug-likeness (QED) is 0.111. The number of amides is 2. The molecule has 4 rings (SSSR count). The first-order chi connectivity index (χ1) is 25.5. The zero-order valence-electron chi connectivity index (χ0n) is 32.7. The van der Waals surface area contributed by atoms with Crippen molar-refractivity contribution in [3.63, 3.8) is 0 Å². The lowest BCUT2D eigenvalue weighted by Crippen LogP contribution is -2.44. The molecule has 0 aliphatic carbocycles. The molecular weight excluding hydrogens is 731 g/mol. The van der Waals surface area contributed by atoms with Crippen molar-refractivity contribution in [1.82, 2.24) is 4.90 Å². The van der Waals surface area contributed by atoms with Crippen LogP contribution in [0, 0.1) is 5.41 Å². The van der Waals surface area contributed by atoms with Crippen LogP contribution in [0.1, 0.15) is 90.5 Å². The highest BCUT2D eigenvalue weighted by Gasteiger charge is 2.40. The Morgan fingerprint density at radius 1 is 0.926 bits per heavy atom. The first-order valence-electron chi connectivity index (χ1n) is 18.4. The van der Waals surface area contributed by atoms with Gasteiger partial charge in [-0.15, -0.1) is 0 Å². The summed E-state index contributed by atoms with van der Waals surface area (Å²) in [5.74, 6) is -0.0305. The number of rotatable bonds is 15. The van der Waals surface area contributed by atoms with Gasteiger partial charge in [0.2, 0.25) is 0 Å². The number of nitrogens with zero attached hydrogens (tertiary/aromatic N) is 2. The molecule has 10 nitrogen and oxygen atoms in total. The number of methoxy groups -OCH3 is 1. The summed E-state index contributed by atoms with van der Waals surface area (Å²) in [5.41, 5.74) is 1.97. The Hall–Kier alpha value is -3.99. The summed E-state index contributed by atoms with van der Waals surface area (Å²) in [6, 6.07) is 18.5. The zero-order valence-corrected chi connectivity index (χ0v) is 34.2. The standard InChI is InChI=1S/C42H54Cl2N2O8/c1-9-51-36(47)26-35-39(48)46(27-41(2,3)4)33-21-20-29(43)25-31(33)37(53-35)30-17-12-19-34(38(30)50-8)52-24-14-23-45(40(49)54-42(5,6)7)22-13-16-28-15-10-11-18-32(28)44/h10-12,15,17-21,25,35,37H,9,13-14,16,22-24,26-27H2,1-8H3/t35-,37-/m0/s1. The molecule has 0 unspecified atom stereocenters. The first-order valence-corrected chi connectivity index (χ1v) is 19.2. The summed E-state index contributed by atoms with van der Waals surface area (Å²) in [6.07, 6.45) is -0.723. The van der Waals surface area contributed by atoms with Crippen molar-refractivity contribution in [1.29, 1.82) is 0 Å². The number of carbonyl (C=O) groups excluding carboxylic acids is 3. The molecule has 0 N–H and O–H groups in total. The minimum absolute atomic E-state index is 0.177. The molecule has 12 heteroatoms. The third-order valence-electron chi connectivity index (χ3n) is 8.50. The van der Waals surface area contributed by atoms with Crippen molar-refractivity contribution in [3.8, 4) is 11.5 Å². The normalized spacial score (nSPS) is 16.0. The van der Waals surface area contributed by atoms with E-state index in [9.17, 15) is 14.4 Å². The summed E-state index contributed by atoms with van der Waals surface area (Å²) >= 11 is 12.9. The Bertz CT molecular complexity index is 1750. The van der Waals surface area contributed by atoms with Gasteiger partial charge in [-0.05, 0) is 88.3 Å². The fraction of sp³-hybridized carbons (Fsp3) is 0.500. The van der Waals surface area contributed by atoms with Crippen LogP contribution in [-0.2, 0) is 30.2 Å². The second-order valence-corrected chi connectivity index (χ2v) is 16.3. The molecule has 0 saturated heterocycles. The first kappa shape index (κ1) is 42.7. The predicted molar refractivity (Wildman–Crippen MR) is 212 cm³/mol. The zero-order chi connectivity index (χ0) is 39.6. The average molecular weight is 786 g/mol. The van der Waals surface area contributed by atoms with E-state index in [1.54, 1.807) is 34.9 Å². The van der Waals surface area contributed by atoms with Crippen LogP contribution >= 0.6 is 23.2 Å². The van der Waals surface area contributed by atoms with Crippen LogP contribution in [0.5, 0.6) is 11.5 Å². The van der Waals surface area contributed by atoms with Crippen LogP contribution < -0.4 is 14.4 Å². The molecule has 1 aliphatic heterocycles. The van der Waals surface area contributed by atoms with Gasteiger partial charge in [0.1, 0.15) is 17.8 Å². The molecule has 0 aromatic heterocycles. The highest BCUT2D eigenvalue weighted by atomic mass is 35.5. The van der Waals surface area contributed by atoms with E-state index in [0.717, 1.165) is 12.0 Å². The molecule has 0 saturated carbocycles. The molecule has 1 aliphatic rings. The molecular formula is C42H54Cl2N2O8. The number of anilines is 1. The van der Waals surface area contributed by atoms with E-state index in [0.29, 0.717) is 70.8 Å². The molecule has 3 aromatic carbocycles. The van der Waals surface area contributed by atoms with Gasteiger partial charge in [-0.2, -0.15) is 0 Å². The number of benzene rings is 3. The SMILES string of the molecule is CCOC(=O)C[C@@H]1O[C@@H](c2cccc(OCCCN(CCCc3ccccc3Cl)C(=O)OC(C)(C)C)c2OC)c2cc(Cl)ccc2N(CC(C)(C)C)C1=O. The third-order valence-corrected chi connectivity index (χ3v) is 9.11. The van der Waals surface area contributed by atoms with Gasteiger partial charge >= 0.3 is 12.1 Å². The number of aryl methyl sites for hydroxylation is 1. The minimum Gasteiger partial charge on any atom is -0.492 e. The van der Waals surface area contributed by atoms with Gasteiger partial charge in [0.15, 0.2) is 11.5 Å². The number of hydrogen-bond donors (Lipinski definition) is 0. The Kier molecular flexibility index (Phi) is 15.1. The monoisotopic (exact) mass is 784 g/mol. The van der Waals surface area contributed by atoms with Crippen molar-refractivity contribution in [2.24, 2.45) is 5.41 Å². The lowest BCUT2D eigenvalue weighted by Gasteiger charge is -2.31. The molecule has 0 spiro atoms. The van der Waals surface area contributed by atoms with E-state index >= 15 is 0 Å². The topological polar surface area (TPSA) is 104 Å². The van der Waals surface area contributed by atoms with E-state index in [2.05, 4.69) is 0 Å². The molecule has 2 amide bonds. The molecule has 0 fully saturated rings. The molecule has 54 heavy (non-hydrogen) atoms. The van der Waals surface area contributed by atoms with Gasteiger partial charge < -0.3 is 33.5 Å². The number of fused-ring (bicyclic) bond motifs is 1. The van der Waals surface area contributed by atoms with Gasteiger partial charge in [0.05, 0.1) is 26.7 Å². The van der Waals surface area contributed by atoms with E-state index in [1.807, 2.05) is 84.0 Å². The Labute approximate surface area is 329 Å². The van der Waals surface area contributed by atoms with E-state index in [4.69, 9.17) is 46.9 Å². The summed E-state index contributed by atoms with van der Waals surface area (Å²) in [7, 11) is 1.54. The summed E-state index contributed by atoms with van der Waals surface area (Å²) in [4.78, 5) is 43.5. The molecule has 3 aromatic rings. The molecule has 0 bridgehead atoms. The second kappa shape index (κ2) is 19.0. The van der Waals surface area contributed by atoms with Gasteiger partial charge in [0.25, 0.3) is 5.91 Å². The average Bonchev–Trinajstić information content (AvgIpc) is 3.18. The highest BCUT2D eigenvalue weighted by Crippen LogP contribution is 2.46. The Morgan fingerprint density at radius 2 is 1.65 bits per heavy atom. The third kappa shape index (κ3) is 12.0. The van der Waals surface area contributed by atoms with Crippen molar-refractivity contribution in [3.05, 3.63) is 87.4 Å². The summed E-state index contributed by atoms with van der Waals surface area (Å²) in [5, 5.41) is 1.16. The predicted octanol–water partition coefficient (Wildman–Crippen LogP) is 9.46. The van der Waals surface area contributed by atoms with Crippen LogP contribution in [0.25, 0.3) is 0 Å². The number of ether oxygens (including phenoxy) is 5. The fourth-order valence-corrected chi connectivity index (χ4v) is 6.66. The fourth-order valence-electron chi connectivity index (χ4n) is 6.25.